The monoisotopic (exact) mass is 295 g/mol. The van der Waals surface area contributed by atoms with E-state index in [1.165, 1.54) is 11.8 Å². The van der Waals surface area contributed by atoms with Crippen LogP contribution in [0.1, 0.15) is 20.8 Å². The van der Waals surface area contributed by atoms with Gasteiger partial charge in [0.25, 0.3) is 0 Å². The highest BCUT2D eigenvalue weighted by molar-refractivity contribution is 8.00. The molecular formula is C14H21N3O2S. The first-order valence-electron chi connectivity index (χ1n) is 6.58. The van der Waals surface area contributed by atoms with E-state index in [4.69, 9.17) is 0 Å². The van der Waals surface area contributed by atoms with Crippen molar-refractivity contribution in [1.82, 2.24) is 15.2 Å². The molecule has 0 fully saturated rings. The fraction of sp³-hybridized carbons (Fsp3) is 0.500. The van der Waals surface area contributed by atoms with Gasteiger partial charge in [-0.25, -0.2) is 4.98 Å². The zero-order valence-electron chi connectivity index (χ0n) is 12.3. The lowest BCUT2D eigenvalue weighted by molar-refractivity contribution is -0.134. The quantitative estimate of drug-likeness (QED) is 0.809. The van der Waals surface area contributed by atoms with Gasteiger partial charge in [-0.3, -0.25) is 9.59 Å². The average molecular weight is 295 g/mol. The third kappa shape index (κ3) is 4.85. The summed E-state index contributed by atoms with van der Waals surface area (Å²) in [6, 6.07) is 5.05. The first-order chi connectivity index (χ1) is 9.45. The van der Waals surface area contributed by atoms with E-state index in [-0.39, 0.29) is 17.1 Å². The van der Waals surface area contributed by atoms with Crippen LogP contribution in [0, 0.1) is 0 Å². The van der Waals surface area contributed by atoms with E-state index < -0.39 is 6.04 Å². The van der Waals surface area contributed by atoms with Gasteiger partial charge >= 0.3 is 0 Å². The molecule has 2 amide bonds. The summed E-state index contributed by atoms with van der Waals surface area (Å²) >= 11 is 1.37. The summed E-state index contributed by atoms with van der Waals surface area (Å²) in [4.78, 5) is 29.7. The van der Waals surface area contributed by atoms with Crippen LogP contribution in [-0.2, 0) is 9.59 Å². The molecule has 0 aliphatic carbocycles. The summed E-state index contributed by atoms with van der Waals surface area (Å²) in [5.41, 5.74) is 0. The summed E-state index contributed by atoms with van der Waals surface area (Å²) in [7, 11) is 1.72. The van der Waals surface area contributed by atoms with E-state index in [1.807, 2.05) is 25.1 Å². The highest BCUT2D eigenvalue weighted by Gasteiger charge is 2.22. The summed E-state index contributed by atoms with van der Waals surface area (Å²) in [5.74, 6) is -0.248. The number of carbonyl (C=O) groups excluding carboxylic acids is 2. The third-order valence-electron chi connectivity index (χ3n) is 2.88. The third-order valence-corrected chi connectivity index (χ3v) is 3.93. The molecule has 1 N–H and O–H groups in total. The van der Waals surface area contributed by atoms with Gasteiger partial charge in [0.05, 0.1) is 10.3 Å². The van der Waals surface area contributed by atoms with E-state index in [2.05, 4.69) is 10.3 Å². The van der Waals surface area contributed by atoms with Crippen molar-refractivity contribution in [2.45, 2.75) is 37.1 Å². The van der Waals surface area contributed by atoms with Gasteiger partial charge in [0.1, 0.15) is 6.04 Å². The summed E-state index contributed by atoms with van der Waals surface area (Å²) in [6.45, 7) is 6.02. The second kappa shape index (κ2) is 7.89. The van der Waals surface area contributed by atoms with E-state index in [9.17, 15) is 9.59 Å². The van der Waals surface area contributed by atoms with Crippen LogP contribution in [-0.4, -0.2) is 46.6 Å². The lowest BCUT2D eigenvalue weighted by Gasteiger charge is -2.21. The van der Waals surface area contributed by atoms with Crippen molar-refractivity contribution in [2.24, 2.45) is 0 Å². The molecule has 1 rings (SSSR count). The molecule has 5 nitrogen and oxygen atoms in total. The molecule has 0 unspecified atom stereocenters. The molecule has 6 heteroatoms. The smallest absolute Gasteiger partial charge is 0.244 e. The van der Waals surface area contributed by atoms with Crippen molar-refractivity contribution in [3.63, 3.8) is 0 Å². The molecule has 0 saturated carbocycles. The number of likely N-dealkylation sites (N-methyl/N-ethyl adjacent to an activating group) is 1. The van der Waals surface area contributed by atoms with Gasteiger partial charge in [-0.1, -0.05) is 17.8 Å². The molecule has 1 aromatic rings. The molecule has 2 atom stereocenters. The van der Waals surface area contributed by atoms with E-state index >= 15 is 0 Å². The lowest BCUT2D eigenvalue weighted by atomic mass is 10.2. The number of amides is 2. The molecule has 1 heterocycles. The SMILES string of the molecule is CCN(C)C(=O)[C@H](C)NC(=O)[C@H](C)Sc1ccccn1. The first-order valence-corrected chi connectivity index (χ1v) is 7.46. The fourth-order valence-electron chi connectivity index (χ4n) is 1.53. The summed E-state index contributed by atoms with van der Waals surface area (Å²) in [5, 5.41) is 3.23. The minimum Gasteiger partial charge on any atom is -0.344 e. The van der Waals surface area contributed by atoms with Crippen molar-refractivity contribution in [3.05, 3.63) is 24.4 Å². The number of nitrogens with one attached hydrogen (secondary N) is 1. The molecule has 1 aromatic heterocycles. The second-order valence-electron chi connectivity index (χ2n) is 4.51. The van der Waals surface area contributed by atoms with Crippen LogP contribution in [0.5, 0.6) is 0 Å². The maximum absolute atomic E-state index is 12.0. The molecule has 20 heavy (non-hydrogen) atoms. The molecule has 0 spiro atoms. The molecule has 0 bridgehead atoms. The Hall–Kier alpha value is -1.56. The average Bonchev–Trinajstić information content (AvgIpc) is 2.46. The van der Waals surface area contributed by atoms with Crippen LogP contribution >= 0.6 is 11.8 Å². The van der Waals surface area contributed by atoms with Gasteiger partial charge in [0.2, 0.25) is 11.8 Å². The van der Waals surface area contributed by atoms with E-state index in [1.54, 1.807) is 32.0 Å². The topological polar surface area (TPSA) is 62.3 Å². The standard InChI is InChI=1S/C14H21N3O2S/c1-5-17(4)14(19)10(2)16-13(18)11(3)20-12-8-6-7-9-15-12/h6-11H,5H2,1-4H3,(H,16,18)/t10-,11-/m0/s1. The Bertz CT molecular complexity index is 453. The minimum absolute atomic E-state index is 0.0871. The number of pyridine rings is 1. The number of carbonyl (C=O) groups is 2. The molecular weight excluding hydrogens is 274 g/mol. The van der Waals surface area contributed by atoms with E-state index in [0.29, 0.717) is 6.54 Å². The normalized spacial score (nSPS) is 13.4. The van der Waals surface area contributed by atoms with Crippen molar-refractivity contribution in [2.75, 3.05) is 13.6 Å². The van der Waals surface area contributed by atoms with E-state index in [0.717, 1.165) is 5.03 Å². The highest BCUT2D eigenvalue weighted by atomic mass is 32.2. The predicted molar refractivity (Wildman–Crippen MR) is 80.5 cm³/mol. The predicted octanol–water partition coefficient (Wildman–Crippen LogP) is 1.55. The number of aromatic nitrogens is 1. The highest BCUT2D eigenvalue weighted by Crippen LogP contribution is 2.20. The summed E-state index contributed by atoms with van der Waals surface area (Å²) < 4.78 is 0. The zero-order chi connectivity index (χ0) is 15.1. The number of nitrogens with zero attached hydrogens (tertiary/aromatic N) is 2. The minimum atomic E-state index is -0.515. The molecule has 0 aliphatic heterocycles. The van der Waals surface area contributed by atoms with Crippen LogP contribution in [0.3, 0.4) is 0 Å². The van der Waals surface area contributed by atoms with Crippen molar-refractivity contribution in [1.29, 1.82) is 0 Å². The van der Waals surface area contributed by atoms with Gasteiger partial charge < -0.3 is 10.2 Å². The van der Waals surface area contributed by atoms with Crippen LogP contribution < -0.4 is 5.32 Å². The van der Waals surface area contributed by atoms with Crippen LogP contribution in [0.15, 0.2) is 29.4 Å². The van der Waals surface area contributed by atoms with Gasteiger partial charge in [-0.15, -0.1) is 0 Å². The first kappa shape index (κ1) is 16.5. The lowest BCUT2D eigenvalue weighted by Crippen LogP contribution is -2.47. The van der Waals surface area contributed by atoms with Gasteiger partial charge in [-0.2, -0.15) is 0 Å². The van der Waals surface area contributed by atoms with Gasteiger partial charge in [0, 0.05) is 19.8 Å². The van der Waals surface area contributed by atoms with Gasteiger partial charge in [-0.05, 0) is 32.9 Å². The molecule has 0 aromatic carbocycles. The number of thioether (sulfide) groups is 1. The van der Waals surface area contributed by atoms with Crippen LogP contribution in [0.25, 0.3) is 0 Å². The maximum atomic E-state index is 12.0. The second-order valence-corrected chi connectivity index (χ2v) is 5.87. The van der Waals surface area contributed by atoms with Crippen molar-refractivity contribution in [3.8, 4) is 0 Å². The zero-order valence-corrected chi connectivity index (χ0v) is 13.1. The Morgan fingerprint density at radius 3 is 2.65 bits per heavy atom. The number of hydrogen-bond acceptors (Lipinski definition) is 4. The largest absolute Gasteiger partial charge is 0.344 e. The molecule has 110 valence electrons. The Balaban J connectivity index is 2.51. The molecule has 0 saturated heterocycles. The molecule has 0 radical (unpaired) electrons. The Morgan fingerprint density at radius 2 is 2.10 bits per heavy atom. The van der Waals surface area contributed by atoms with Crippen LogP contribution in [0.2, 0.25) is 0 Å². The Morgan fingerprint density at radius 1 is 1.40 bits per heavy atom. The Labute approximate surface area is 124 Å². The number of rotatable bonds is 6. The number of hydrogen-bond donors (Lipinski definition) is 1. The van der Waals surface area contributed by atoms with Crippen molar-refractivity contribution >= 4 is 23.6 Å². The fourth-order valence-corrected chi connectivity index (χ4v) is 2.35. The van der Waals surface area contributed by atoms with Crippen LogP contribution in [0.4, 0.5) is 0 Å². The summed E-state index contributed by atoms with van der Waals surface area (Å²) in [6.07, 6.45) is 1.69. The maximum Gasteiger partial charge on any atom is 0.244 e. The van der Waals surface area contributed by atoms with Gasteiger partial charge in [0.15, 0.2) is 0 Å². The molecule has 0 aliphatic rings. The van der Waals surface area contributed by atoms with Crippen molar-refractivity contribution < 1.29 is 9.59 Å². The Kier molecular flexibility index (Phi) is 6.51.